The van der Waals surface area contributed by atoms with Crippen LogP contribution in [0.4, 0.5) is 0 Å². The Morgan fingerprint density at radius 3 is 2.06 bits per heavy atom. The van der Waals surface area contributed by atoms with E-state index in [4.69, 9.17) is 0 Å². The van der Waals surface area contributed by atoms with Gasteiger partial charge in [0.1, 0.15) is 0 Å². The van der Waals surface area contributed by atoms with Crippen molar-refractivity contribution in [3.8, 4) is 0 Å². The van der Waals surface area contributed by atoms with Crippen LogP contribution in [0, 0.1) is 0 Å². The standard InChI is InChI=1S/C25H34N6/c1-20(2)30(4)18-23-12-7-5-10-21(23)16-27-25(26-3)28-17-22-11-6-8-13-24(22)19-31-15-9-14-29-31/h5-15,20H,16-19H2,1-4H3,(H2,26,27,28). The number of rotatable bonds is 9. The van der Waals surface area contributed by atoms with Gasteiger partial charge in [-0.05, 0) is 49.2 Å². The van der Waals surface area contributed by atoms with Crippen LogP contribution in [-0.2, 0) is 26.2 Å². The topological polar surface area (TPSA) is 57.5 Å². The van der Waals surface area contributed by atoms with E-state index in [0.717, 1.165) is 25.6 Å². The van der Waals surface area contributed by atoms with Gasteiger partial charge in [0.15, 0.2) is 5.96 Å². The molecule has 3 aromatic rings. The molecular formula is C25H34N6. The zero-order chi connectivity index (χ0) is 22.1. The molecule has 0 unspecified atom stereocenters. The maximum absolute atomic E-state index is 4.41. The summed E-state index contributed by atoms with van der Waals surface area (Å²) < 4.78 is 1.94. The third-order valence-electron chi connectivity index (χ3n) is 5.55. The Kier molecular flexibility index (Phi) is 8.24. The van der Waals surface area contributed by atoms with Gasteiger partial charge in [-0.2, -0.15) is 5.10 Å². The molecule has 1 aromatic heterocycles. The highest BCUT2D eigenvalue weighted by Gasteiger charge is 2.09. The minimum Gasteiger partial charge on any atom is -0.352 e. The summed E-state index contributed by atoms with van der Waals surface area (Å²) in [6.45, 7) is 7.56. The predicted octanol–water partition coefficient (Wildman–Crippen LogP) is 3.64. The molecule has 164 valence electrons. The van der Waals surface area contributed by atoms with E-state index in [-0.39, 0.29) is 0 Å². The van der Waals surface area contributed by atoms with Gasteiger partial charge in [0.2, 0.25) is 0 Å². The molecule has 1 heterocycles. The highest BCUT2D eigenvalue weighted by Crippen LogP contribution is 2.13. The Labute approximate surface area is 186 Å². The van der Waals surface area contributed by atoms with Gasteiger partial charge in [-0.3, -0.25) is 14.6 Å². The SMILES string of the molecule is CN=C(NCc1ccccc1CN(C)C(C)C)NCc1ccccc1Cn1cccn1. The molecule has 0 fully saturated rings. The quantitative estimate of drug-likeness (QED) is 0.412. The smallest absolute Gasteiger partial charge is 0.191 e. The maximum atomic E-state index is 4.41. The van der Waals surface area contributed by atoms with Crippen LogP contribution < -0.4 is 10.6 Å². The molecule has 0 bridgehead atoms. The third kappa shape index (κ3) is 6.69. The predicted molar refractivity (Wildman–Crippen MR) is 128 cm³/mol. The highest BCUT2D eigenvalue weighted by atomic mass is 15.3. The van der Waals surface area contributed by atoms with E-state index in [2.05, 4.69) is 95.1 Å². The van der Waals surface area contributed by atoms with E-state index in [0.29, 0.717) is 12.6 Å². The third-order valence-corrected chi connectivity index (χ3v) is 5.55. The van der Waals surface area contributed by atoms with E-state index in [1.807, 2.05) is 30.2 Å². The fraction of sp³-hybridized carbons (Fsp3) is 0.360. The van der Waals surface area contributed by atoms with Crippen LogP contribution in [0.5, 0.6) is 0 Å². The fourth-order valence-electron chi connectivity index (χ4n) is 3.37. The van der Waals surface area contributed by atoms with Crippen molar-refractivity contribution in [2.75, 3.05) is 14.1 Å². The summed E-state index contributed by atoms with van der Waals surface area (Å²) in [5.41, 5.74) is 5.11. The Bertz CT molecular complexity index is 962. The van der Waals surface area contributed by atoms with Gasteiger partial charge in [-0.15, -0.1) is 0 Å². The zero-order valence-corrected chi connectivity index (χ0v) is 19.0. The van der Waals surface area contributed by atoms with E-state index in [9.17, 15) is 0 Å². The first-order chi connectivity index (χ1) is 15.1. The summed E-state index contributed by atoms with van der Waals surface area (Å²) in [5.74, 6) is 0.793. The van der Waals surface area contributed by atoms with E-state index < -0.39 is 0 Å². The van der Waals surface area contributed by atoms with Crippen molar-refractivity contribution in [2.45, 2.75) is 46.1 Å². The molecule has 0 spiro atoms. The number of nitrogens with zero attached hydrogens (tertiary/aromatic N) is 4. The van der Waals surface area contributed by atoms with Crippen LogP contribution in [0.1, 0.15) is 36.1 Å². The molecule has 0 atom stereocenters. The monoisotopic (exact) mass is 418 g/mol. The lowest BCUT2D eigenvalue weighted by Crippen LogP contribution is -2.37. The second-order valence-electron chi connectivity index (χ2n) is 8.03. The minimum atomic E-state index is 0.511. The molecule has 31 heavy (non-hydrogen) atoms. The second-order valence-corrected chi connectivity index (χ2v) is 8.03. The molecule has 0 saturated carbocycles. The number of hydrogen-bond donors (Lipinski definition) is 2. The number of nitrogens with one attached hydrogen (secondary N) is 2. The number of benzene rings is 2. The van der Waals surface area contributed by atoms with Gasteiger partial charge in [-0.25, -0.2) is 0 Å². The van der Waals surface area contributed by atoms with Crippen LogP contribution >= 0.6 is 0 Å². The number of guanidine groups is 1. The summed E-state index contributed by atoms with van der Waals surface area (Å²) in [4.78, 5) is 6.76. The molecule has 6 heteroatoms. The normalized spacial score (nSPS) is 11.9. The molecule has 6 nitrogen and oxygen atoms in total. The lowest BCUT2D eigenvalue weighted by atomic mass is 10.1. The Morgan fingerprint density at radius 1 is 0.935 bits per heavy atom. The maximum Gasteiger partial charge on any atom is 0.191 e. The lowest BCUT2D eigenvalue weighted by molar-refractivity contribution is 0.265. The zero-order valence-electron chi connectivity index (χ0n) is 19.0. The van der Waals surface area contributed by atoms with Crippen molar-refractivity contribution in [3.63, 3.8) is 0 Å². The number of aliphatic imine (C=N–C) groups is 1. The van der Waals surface area contributed by atoms with E-state index in [1.54, 1.807) is 0 Å². The molecule has 3 rings (SSSR count). The number of aromatic nitrogens is 2. The molecule has 0 amide bonds. The average molecular weight is 419 g/mol. The Hall–Kier alpha value is -3.12. The minimum absolute atomic E-state index is 0.511. The highest BCUT2D eigenvalue weighted by molar-refractivity contribution is 5.79. The molecule has 0 aliphatic carbocycles. The first-order valence-electron chi connectivity index (χ1n) is 10.8. The Balaban J connectivity index is 1.59. The van der Waals surface area contributed by atoms with Crippen LogP contribution in [0.3, 0.4) is 0 Å². The van der Waals surface area contributed by atoms with Crippen LogP contribution in [-0.4, -0.2) is 40.8 Å². The van der Waals surface area contributed by atoms with Gasteiger partial charge in [0, 0.05) is 45.1 Å². The molecule has 0 aliphatic heterocycles. The van der Waals surface area contributed by atoms with E-state index in [1.165, 1.54) is 22.3 Å². The average Bonchev–Trinajstić information content (AvgIpc) is 3.29. The molecule has 0 aliphatic rings. The summed E-state index contributed by atoms with van der Waals surface area (Å²) >= 11 is 0. The van der Waals surface area contributed by atoms with Gasteiger partial charge in [0.05, 0.1) is 6.54 Å². The molecule has 2 aromatic carbocycles. The van der Waals surface area contributed by atoms with Crippen molar-refractivity contribution in [1.29, 1.82) is 0 Å². The van der Waals surface area contributed by atoms with Crippen LogP contribution in [0.15, 0.2) is 72.0 Å². The number of hydrogen-bond acceptors (Lipinski definition) is 3. The van der Waals surface area contributed by atoms with Gasteiger partial charge >= 0.3 is 0 Å². The summed E-state index contributed by atoms with van der Waals surface area (Å²) in [6, 6.07) is 19.5. The molecule has 2 N–H and O–H groups in total. The molecule has 0 radical (unpaired) electrons. The molecular weight excluding hydrogens is 384 g/mol. The van der Waals surface area contributed by atoms with Crippen LogP contribution in [0.25, 0.3) is 0 Å². The summed E-state index contributed by atoms with van der Waals surface area (Å²) in [6.07, 6.45) is 3.79. The Morgan fingerprint density at radius 2 is 1.52 bits per heavy atom. The molecule has 0 saturated heterocycles. The second kappa shape index (κ2) is 11.3. The van der Waals surface area contributed by atoms with Crippen molar-refractivity contribution in [3.05, 3.63) is 89.2 Å². The van der Waals surface area contributed by atoms with Crippen LogP contribution in [0.2, 0.25) is 0 Å². The fourth-order valence-corrected chi connectivity index (χ4v) is 3.37. The van der Waals surface area contributed by atoms with Gasteiger partial charge < -0.3 is 10.6 Å². The summed E-state index contributed by atoms with van der Waals surface area (Å²) in [5, 5.41) is 11.2. The van der Waals surface area contributed by atoms with Crippen molar-refractivity contribution >= 4 is 5.96 Å². The van der Waals surface area contributed by atoms with Crippen molar-refractivity contribution in [1.82, 2.24) is 25.3 Å². The van der Waals surface area contributed by atoms with Gasteiger partial charge in [0.25, 0.3) is 0 Å². The van der Waals surface area contributed by atoms with E-state index >= 15 is 0 Å². The largest absolute Gasteiger partial charge is 0.352 e. The summed E-state index contributed by atoms with van der Waals surface area (Å²) in [7, 11) is 3.97. The lowest BCUT2D eigenvalue weighted by Gasteiger charge is -2.23. The van der Waals surface area contributed by atoms with Crippen molar-refractivity contribution < 1.29 is 0 Å². The first-order valence-corrected chi connectivity index (χ1v) is 10.8. The van der Waals surface area contributed by atoms with Gasteiger partial charge in [-0.1, -0.05) is 48.5 Å². The first kappa shape index (κ1) is 22.6. The van der Waals surface area contributed by atoms with Crippen molar-refractivity contribution in [2.24, 2.45) is 4.99 Å².